The summed E-state index contributed by atoms with van der Waals surface area (Å²) in [6.07, 6.45) is 8.02. The van der Waals surface area contributed by atoms with Crippen LogP contribution in [0.4, 0.5) is 8.78 Å². The molecule has 0 amide bonds. The van der Waals surface area contributed by atoms with Crippen LogP contribution in [0.2, 0.25) is 0 Å². The summed E-state index contributed by atoms with van der Waals surface area (Å²) in [6, 6.07) is 8.49. The van der Waals surface area contributed by atoms with Gasteiger partial charge in [0.2, 0.25) is 0 Å². The van der Waals surface area contributed by atoms with Gasteiger partial charge in [0.05, 0.1) is 11.8 Å². The normalized spacial score (nSPS) is 15.0. The maximum absolute atomic E-state index is 13.4. The molecule has 3 nitrogen and oxygen atoms in total. The van der Waals surface area contributed by atoms with Gasteiger partial charge in [0, 0.05) is 24.9 Å². The molecule has 0 bridgehead atoms. The largest absolute Gasteiger partial charge is 0.377 e. The predicted molar refractivity (Wildman–Crippen MR) is 115 cm³/mol. The first-order chi connectivity index (χ1) is 14.0. The molecular weight excluding hydrogens is 370 g/mol. The van der Waals surface area contributed by atoms with Crippen molar-refractivity contribution in [2.75, 3.05) is 13.8 Å². The molecular formula is C24H32F2N2O. The molecule has 1 atom stereocenters. The minimum Gasteiger partial charge on any atom is -0.377 e. The van der Waals surface area contributed by atoms with Crippen molar-refractivity contribution in [3.8, 4) is 0 Å². The summed E-state index contributed by atoms with van der Waals surface area (Å²) in [5, 5.41) is 4.64. The number of alkyl halides is 1. The van der Waals surface area contributed by atoms with Crippen molar-refractivity contribution in [1.82, 2.24) is 9.78 Å². The second-order valence-corrected chi connectivity index (χ2v) is 7.23. The Hall–Kier alpha value is -2.27. The minimum atomic E-state index is -0.479. The number of aryl methyl sites for hydroxylation is 3. The lowest BCUT2D eigenvalue weighted by molar-refractivity contribution is 0.133. The lowest BCUT2D eigenvalue weighted by Gasteiger charge is -2.13. The first kappa shape index (κ1) is 23.0. The molecule has 29 heavy (non-hydrogen) atoms. The molecule has 1 aromatic carbocycles. The number of halogens is 2. The number of methoxy groups -OCH3 is 1. The van der Waals surface area contributed by atoms with E-state index >= 15 is 0 Å². The van der Waals surface area contributed by atoms with Crippen LogP contribution in [0.3, 0.4) is 0 Å². The quantitative estimate of drug-likeness (QED) is 0.525. The van der Waals surface area contributed by atoms with Gasteiger partial charge in [-0.15, -0.1) is 0 Å². The van der Waals surface area contributed by atoms with Crippen LogP contribution in [0.25, 0.3) is 5.57 Å². The molecule has 1 aliphatic heterocycles. The van der Waals surface area contributed by atoms with Crippen molar-refractivity contribution in [1.29, 1.82) is 0 Å². The van der Waals surface area contributed by atoms with Crippen molar-refractivity contribution in [3.63, 3.8) is 0 Å². The smallest absolute Gasteiger partial charge is 0.123 e. The summed E-state index contributed by atoms with van der Waals surface area (Å²) >= 11 is 0. The molecule has 1 unspecified atom stereocenters. The van der Waals surface area contributed by atoms with Crippen LogP contribution in [-0.4, -0.2) is 29.7 Å². The number of nitrogens with zero attached hydrogens (tertiary/aromatic N) is 2. The van der Waals surface area contributed by atoms with Gasteiger partial charge >= 0.3 is 0 Å². The zero-order valence-corrected chi connectivity index (χ0v) is 17.9. The Labute approximate surface area is 173 Å². The van der Waals surface area contributed by atoms with E-state index in [9.17, 15) is 8.78 Å². The van der Waals surface area contributed by atoms with E-state index in [1.165, 1.54) is 17.8 Å². The minimum absolute atomic E-state index is 0.00282. The number of hydrogen-bond acceptors (Lipinski definition) is 2. The zero-order chi connectivity index (χ0) is 21.2. The van der Waals surface area contributed by atoms with E-state index < -0.39 is 6.67 Å². The van der Waals surface area contributed by atoms with Crippen LogP contribution in [0, 0.1) is 12.7 Å². The van der Waals surface area contributed by atoms with Crippen LogP contribution in [0.5, 0.6) is 0 Å². The number of allylic oxidation sites excluding steroid dienone is 3. The number of ether oxygens (including phenoxy) is 1. The molecule has 5 heteroatoms. The fourth-order valence-electron chi connectivity index (χ4n) is 3.33. The molecule has 2 aromatic rings. The lowest BCUT2D eigenvalue weighted by atomic mass is 9.99. The maximum Gasteiger partial charge on any atom is 0.123 e. The van der Waals surface area contributed by atoms with Crippen molar-refractivity contribution in [2.45, 2.75) is 59.1 Å². The van der Waals surface area contributed by atoms with Gasteiger partial charge in [-0.2, -0.15) is 5.10 Å². The fraction of sp³-hybridized carbons (Fsp3) is 0.458. The monoisotopic (exact) mass is 402 g/mol. The molecule has 3 rings (SSSR count). The molecule has 158 valence electrons. The Kier molecular flexibility index (Phi) is 9.26. The van der Waals surface area contributed by atoms with E-state index in [0.717, 1.165) is 49.1 Å². The van der Waals surface area contributed by atoms with Gasteiger partial charge in [-0.25, -0.2) is 8.78 Å². The molecule has 0 fully saturated rings. The molecule has 1 aromatic heterocycles. The molecule has 1 aliphatic rings. The van der Waals surface area contributed by atoms with Crippen molar-refractivity contribution < 1.29 is 13.5 Å². The highest BCUT2D eigenvalue weighted by atomic mass is 19.1. The van der Waals surface area contributed by atoms with Crippen LogP contribution < -0.4 is 0 Å². The summed E-state index contributed by atoms with van der Waals surface area (Å²) < 4.78 is 33.0. The van der Waals surface area contributed by atoms with Crippen LogP contribution in [-0.2, 0) is 17.7 Å². The first-order valence-corrected chi connectivity index (χ1v) is 10.3. The number of hydrogen-bond donors (Lipinski definition) is 0. The van der Waals surface area contributed by atoms with Crippen LogP contribution in [0.1, 0.15) is 50.1 Å². The Morgan fingerprint density at radius 1 is 1.31 bits per heavy atom. The average molecular weight is 403 g/mol. The fourth-order valence-corrected chi connectivity index (χ4v) is 3.33. The van der Waals surface area contributed by atoms with Gasteiger partial charge < -0.3 is 4.74 Å². The highest BCUT2D eigenvalue weighted by Gasteiger charge is 2.19. The topological polar surface area (TPSA) is 27.1 Å². The number of fused-ring (bicyclic) bond motifs is 1. The first-order valence-electron chi connectivity index (χ1n) is 10.3. The molecule has 0 N–H and O–H groups in total. The predicted octanol–water partition coefficient (Wildman–Crippen LogP) is 6.08. The van der Waals surface area contributed by atoms with E-state index in [1.807, 2.05) is 30.7 Å². The highest BCUT2D eigenvalue weighted by Crippen LogP contribution is 2.27. The van der Waals surface area contributed by atoms with Gasteiger partial charge in [-0.3, -0.25) is 4.68 Å². The summed E-state index contributed by atoms with van der Waals surface area (Å²) in [7, 11) is 1.70. The van der Waals surface area contributed by atoms with E-state index in [-0.39, 0.29) is 11.9 Å². The van der Waals surface area contributed by atoms with Crippen molar-refractivity contribution in [3.05, 3.63) is 70.8 Å². The zero-order valence-electron chi connectivity index (χ0n) is 17.9. The Morgan fingerprint density at radius 2 is 2.03 bits per heavy atom. The Balaban J connectivity index is 0.000000313. The summed E-state index contributed by atoms with van der Waals surface area (Å²) in [4.78, 5) is 0. The standard InChI is InChI=1S/C17H25FN2O.C7H7F/c1-4-7-15(21-3)11-16(13(5-2)12-18)17-10-14-8-6-9-20(14)19-17;1-6-2-4-7(8)5-3-6/h5,10-11,15H,4,6-9,12H2,1-3H3;2-5H,1H3/b13-5-,16-11+;. The van der Waals surface area contributed by atoms with Gasteiger partial charge in [-0.05, 0) is 63.0 Å². The number of rotatable bonds is 7. The van der Waals surface area contributed by atoms with Crippen molar-refractivity contribution >= 4 is 5.57 Å². The second-order valence-electron chi connectivity index (χ2n) is 7.23. The Bertz CT molecular complexity index is 779. The molecule has 2 heterocycles. The molecule has 0 radical (unpaired) electrons. The van der Waals surface area contributed by atoms with Gasteiger partial charge in [0.1, 0.15) is 12.5 Å². The average Bonchev–Trinajstić information content (AvgIpc) is 3.32. The third-order valence-electron chi connectivity index (χ3n) is 5.02. The maximum atomic E-state index is 13.4. The summed E-state index contributed by atoms with van der Waals surface area (Å²) in [5.74, 6) is -0.171. The molecule has 0 saturated carbocycles. The Morgan fingerprint density at radius 3 is 2.55 bits per heavy atom. The van der Waals surface area contributed by atoms with Gasteiger partial charge in [-0.1, -0.05) is 37.1 Å². The molecule has 0 aliphatic carbocycles. The van der Waals surface area contributed by atoms with E-state index in [2.05, 4.69) is 18.1 Å². The number of aromatic nitrogens is 2. The van der Waals surface area contributed by atoms with Gasteiger partial charge in [0.15, 0.2) is 0 Å². The highest BCUT2D eigenvalue weighted by molar-refractivity contribution is 5.77. The third kappa shape index (κ3) is 6.64. The summed E-state index contributed by atoms with van der Waals surface area (Å²) in [6.45, 7) is 6.41. The SMILES string of the molecule is C/C=C(CF)\C(=C/C(CCC)OC)c1cc2n(n1)CCC2.Cc1ccc(F)cc1. The van der Waals surface area contributed by atoms with E-state index in [0.29, 0.717) is 5.57 Å². The molecule has 0 spiro atoms. The van der Waals surface area contributed by atoms with E-state index in [1.54, 1.807) is 19.2 Å². The second kappa shape index (κ2) is 11.7. The van der Waals surface area contributed by atoms with E-state index in [4.69, 9.17) is 4.74 Å². The third-order valence-corrected chi connectivity index (χ3v) is 5.02. The van der Waals surface area contributed by atoms with Gasteiger partial charge in [0.25, 0.3) is 0 Å². The molecule has 0 saturated heterocycles. The van der Waals surface area contributed by atoms with Crippen LogP contribution >= 0.6 is 0 Å². The lowest BCUT2D eigenvalue weighted by Crippen LogP contribution is -2.09. The van der Waals surface area contributed by atoms with Crippen LogP contribution in [0.15, 0.2) is 48.1 Å². The summed E-state index contributed by atoms with van der Waals surface area (Å²) in [5.41, 5.74) is 4.77. The number of benzene rings is 1. The van der Waals surface area contributed by atoms with Crippen molar-refractivity contribution in [2.24, 2.45) is 0 Å².